The molecule has 2 N–H and O–H groups in total. The third kappa shape index (κ3) is 3.80. The molecule has 0 aliphatic heterocycles. The summed E-state index contributed by atoms with van der Waals surface area (Å²) in [5.41, 5.74) is 1.02. The number of esters is 1. The number of carbonyl (C=O) groups excluding carboxylic acids is 1. The van der Waals surface area contributed by atoms with Gasteiger partial charge in [-0.1, -0.05) is 25.4 Å². The Morgan fingerprint density at radius 3 is 2.68 bits per heavy atom. The fourth-order valence-corrected chi connectivity index (χ4v) is 1.49. The first-order chi connectivity index (χ1) is 8.86. The van der Waals surface area contributed by atoms with Gasteiger partial charge in [0.25, 0.3) is 5.69 Å². The second-order valence-corrected chi connectivity index (χ2v) is 4.60. The van der Waals surface area contributed by atoms with Gasteiger partial charge < -0.3 is 4.74 Å². The third-order valence-corrected chi connectivity index (χ3v) is 2.55. The Labute approximate surface area is 114 Å². The molecule has 0 atom stereocenters. The van der Waals surface area contributed by atoms with Gasteiger partial charge in [0.15, 0.2) is 0 Å². The molecule has 0 bridgehead atoms. The van der Waals surface area contributed by atoms with E-state index < -0.39 is 16.6 Å². The monoisotopic (exact) mass is 288 g/mol. The zero-order valence-electron chi connectivity index (χ0n) is 10.3. The second kappa shape index (κ2) is 6.35. The van der Waals surface area contributed by atoms with Crippen molar-refractivity contribution in [3.63, 3.8) is 0 Å². The summed E-state index contributed by atoms with van der Waals surface area (Å²) in [6, 6.07) is 2.18. The molecule has 0 radical (unpaired) electrons. The van der Waals surface area contributed by atoms with Crippen molar-refractivity contribution in [2.24, 2.45) is 5.92 Å². The van der Waals surface area contributed by atoms with Crippen molar-refractivity contribution in [3.8, 4) is 0 Å². The number of hydrogen-bond acceptors (Lipinski definition) is 6. The largest absolute Gasteiger partial charge is 0.462 e. The molecule has 7 nitrogen and oxygen atoms in total. The maximum Gasteiger partial charge on any atom is 0.338 e. The lowest BCUT2D eigenvalue weighted by Crippen LogP contribution is -2.11. The van der Waals surface area contributed by atoms with Crippen LogP contribution in [0.5, 0.6) is 0 Å². The van der Waals surface area contributed by atoms with Gasteiger partial charge in [-0.25, -0.2) is 4.79 Å². The van der Waals surface area contributed by atoms with E-state index in [4.69, 9.17) is 21.5 Å². The van der Waals surface area contributed by atoms with Crippen molar-refractivity contribution < 1.29 is 19.7 Å². The van der Waals surface area contributed by atoms with E-state index in [0.29, 0.717) is 0 Å². The van der Waals surface area contributed by atoms with Gasteiger partial charge in [0, 0.05) is 6.07 Å². The minimum absolute atomic E-state index is 0.0618. The number of halogens is 1. The summed E-state index contributed by atoms with van der Waals surface area (Å²) in [6.45, 7) is 3.91. The molecule has 1 rings (SSSR count). The quantitative estimate of drug-likeness (QED) is 0.491. The summed E-state index contributed by atoms with van der Waals surface area (Å²) in [4.78, 5) is 21.7. The molecule has 0 unspecified atom stereocenters. The van der Waals surface area contributed by atoms with Crippen LogP contribution < -0.4 is 5.48 Å². The van der Waals surface area contributed by atoms with E-state index in [-0.39, 0.29) is 28.8 Å². The fourth-order valence-electron chi connectivity index (χ4n) is 1.27. The van der Waals surface area contributed by atoms with E-state index in [9.17, 15) is 14.9 Å². The molecule has 0 spiro atoms. The van der Waals surface area contributed by atoms with E-state index >= 15 is 0 Å². The van der Waals surface area contributed by atoms with Crippen LogP contribution in [-0.2, 0) is 4.74 Å². The Morgan fingerprint density at radius 2 is 2.21 bits per heavy atom. The van der Waals surface area contributed by atoms with E-state index in [0.717, 1.165) is 6.07 Å². The summed E-state index contributed by atoms with van der Waals surface area (Å²) < 4.78 is 4.95. The molecular weight excluding hydrogens is 276 g/mol. The maximum atomic E-state index is 11.7. The number of anilines is 1. The first kappa shape index (κ1) is 15.2. The predicted molar refractivity (Wildman–Crippen MR) is 68.6 cm³/mol. The normalized spacial score (nSPS) is 10.4. The van der Waals surface area contributed by atoms with Crippen molar-refractivity contribution in [1.29, 1.82) is 0 Å². The van der Waals surface area contributed by atoms with Crippen molar-refractivity contribution in [2.45, 2.75) is 13.8 Å². The number of nitrogens with one attached hydrogen (secondary N) is 1. The first-order valence-electron chi connectivity index (χ1n) is 5.42. The lowest BCUT2D eigenvalue weighted by molar-refractivity contribution is -0.384. The average Bonchev–Trinajstić information content (AvgIpc) is 2.35. The number of nitrogens with zero attached hydrogens (tertiary/aromatic N) is 1. The van der Waals surface area contributed by atoms with Crippen LogP contribution in [0.4, 0.5) is 11.4 Å². The predicted octanol–water partition coefficient (Wildman–Crippen LogP) is 2.86. The highest BCUT2D eigenvalue weighted by molar-refractivity contribution is 6.35. The molecule has 1 aromatic rings. The van der Waals surface area contributed by atoms with Crippen LogP contribution in [0.2, 0.25) is 5.02 Å². The number of rotatable bonds is 5. The topological polar surface area (TPSA) is 102 Å². The minimum atomic E-state index is -0.748. The SMILES string of the molecule is CC(C)COC(=O)c1cc(NO)c(Cl)c([N+](=O)[O-])c1. The van der Waals surface area contributed by atoms with Gasteiger partial charge in [0.1, 0.15) is 5.02 Å². The zero-order valence-corrected chi connectivity index (χ0v) is 11.1. The van der Waals surface area contributed by atoms with Crippen LogP contribution in [0.15, 0.2) is 12.1 Å². The number of hydrogen-bond donors (Lipinski definition) is 2. The van der Waals surface area contributed by atoms with Gasteiger partial charge in [0.05, 0.1) is 22.8 Å². The van der Waals surface area contributed by atoms with Crippen molar-refractivity contribution in [3.05, 3.63) is 32.8 Å². The fraction of sp³-hybridized carbons (Fsp3) is 0.364. The highest BCUT2D eigenvalue weighted by atomic mass is 35.5. The van der Waals surface area contributed by atoms with E-state index in [1.54, 1.807) is 5.48 Å². The smallest absolute Gasteiger partial charge is 0.338 e. The highest BCUT2D eigenvalue weighted by Gasteiger charge is 2.21. The van der Waals surface area contributed by atoms with Gasteiger partial charge in [0.2, 0.25) is 0 Å². The molecule has 19 heavy (non-hydrogen) atoms. The van der Waals surface area contributed by atoms with Crippen LogP contribution in [-0.4, -0.2) is 22.7 Å². The van der Waals surface area contributed by atoms with Crippen molar-refractivity contribution in [1.82, 2.24) is 0 Å². The molecule has 0 amide bonds. The molecule has 8 heteroatoms. The third-order valence-electron chi connectivity index (χ3n) is 2.15. The molecule has 0 saturated heterocycles. The summed E-state index contributed by atoms with van der Waals surface area (Å²) in [5, 5.41) is 19.3. The lowest BCUT2D eigenvalue weighted by atomic mass is 10.1. The van der Waals surface area contributed by atoms with Crippen molar-refractivity contribution >= 4 is 28.9 Å². The molecule has 0 aromatic heterocycles. The van der Waals surface area contributed by atoms with Crippen LogP contribution >= 0.6 is 11.6 Å². The van der Waals surface area contributed by atoms with E-state index in [1.807, 2.05) is 13.8 Å². The van der Waals surface area contributed by atoms with Gasteiger partial charge in [-0.3, -0.25) is 20.8 Å². The summed E-state index contributed by atoms with van der Waals surface area (Å²) >= 11 is 5.69. The summed E-state index contributed by atoms with van der Waals surface area (Å²) in [6.07, 6.45) is 0. The molecule has 0 heterocycles. The number of ether oxygens (including phenoxy) is 1. The first-order valence-corrected chi connectivity index (χ1v) is 5.79. The van der Waals surface area contributed by atoms with Crippen molar-refractivity contribution in [2.75, 3.05) is 12.1 Å². The summed E-state index contributed by atoms with van der Waals surface area (Å²) in [5.74, 6) is -0.577. The molecule has 1 aromatic carbocycles. The molecule has 104 valence electrons. The van der Waals surface area contributed by atoms with Gasteiger partial charge >= 0.3 is 5.97 Å². The summed E-state index contributed by atoms with van der Waals surface area (Å²) in [7, 11) is 0. The van der Waals surface area contributed by atoms with E-state index in [1.165, 1.54) is 6.07 Å². The van der Waals surface area contributed by atoms with Gasteiger partial charge in [-0.2, -0.15) is 0 Å². The maximum absolute atomic E-state index is 11.7. The second-order valence-electron chi connectivity index (χ2n) is 4.22. The Hall–Kier alpha value is -1.86. The molecule has 0 fully saturated rings. The molecule has 0 aliphatic carbocycles. The van der Waals surface area contributed by atoms with Gasteiger partial charge in [-0.05, 0) is 12.0 Å². The number of nitro groups is 1. The average molecular weight is 289 g/mol. The Balaban J connectivity index is 3.11. The molecule has 0 aliphatic rings. The Bertz CT molecular complexity index is 504. The Kier molecular flexibility index (Phi) is 5.08. The van der Waals surface area contributed by atoms with Crippen LogP contribution in [0.1, 0.15) is 24.2 Å². The zero-order chi connectivity index (χ0) is 14.6. The number of nitro benzene ring substituents is 1. The minimum Gasteiger partial charge on any atom is -0.462 e. The van der Waals surface area contributed by atoms with Crippen LogP contribution in [0, 0.1) is 16.0 Å². The number of carbonyl (C=O) groups is 1. The number of benzene rings is 1. The molecule has 0 saturated carbocycles. The lowest BCUT2D eigenvalue weighted by Gasteiger charge is -2.09. The standard InChI is InChI=1S/C11H13ClN2O5/c1-6(2)5-19-11(15)7-3-8(13-16)10(12)9(4-7)14(17)18/h3-4,6,13,16H,5H2,1-2H3. The van der Waals surface area contributed by atoms with Crippen LogP contribution in [0.3, 0.4) is 0 Å². The molecular formula is C11H13ClN2O5. The Morgan fingerprint density at radius 1 is 1.58 bits per heavy atom. The van der Waals surface area contributed by atoms with Gasteiger partial charge in [-0.15, -0.1) is 0 Å². The van der Waals surface area contributed by atoms with E-state index in [2.05, 4.69) is 0 Å². The van der Waals surface area contributed by atoms with Crippen LogP contribution in [0.25, 0.3) is 0 Å². The highest BCUT2D eigenvalue weighted by Crippen LogP contribution is 2.33.